The van der Waals surface area contributed by atoms with Gasteiger partial charge >= 0.3 is 0 Å². The van der Waals surface area contributed by atoms with Crippen molar-refractivity contribution in [1.29, 1.82) is 0 Å². The van der Waals surface area contributed by atoms with E-state index < -0.39 is 0 Å². The first-order valence-corrected chi connectivity index (χ1v) is 14.3. The predicted molar refractivity (Wildman–Crippen MR) is 173 cm³/mol. The van der Waals surface area contributed by atoms with Crippen molar-refractivity contribution in [2.24, 2.45) is 4.99 Å². The van der Waals surface area contributed by atoms with Gasteiger partial charge in [-0.2, -0.15) is 0 Å². The number of aromatic amines is 1. The highest BCUT2D eigenvalue weighted by molar-refractivity contribution is 6.32. The second-order valence-electron chi connectivity index (χ2n) is 10.3. The fourth-order valence-electron chi connectivity index (χ4n) is 4.10. The SMILES string of the molecule is C=C(C)C.CC/C=C(\C)N=C(C)CC.CCCCc1c(C(C)c2ccc(C)cc2)[nH]c2c(N)cc(Cl)cc12. The summed E-state index contributed by atoms with van der Waals surface area (Å²) < 4.78 is 0. The Kier molecular flexibility index (Phi) is 14.8. The van der Waals surface area contributed by atoms with Crippen LogP contribution in [0.4, 0.5) is 5.69 Å². The number of halogens is 1. The number of unbranched alkanes of at least 4 members (excludes halogenated alkanes) is 1. The Morgan fingerprint density at radius 3 is 2.21 bits per heavy atom. The van der Waals surface area contributed by atoms with Crippen LogP contribution in [0.1, 0.15) is 109 Å². The van der Waals surface area contributed by atoms with Gasteiger partial charge in [-0.3, -0.25) is 4.99 Å². The molecule has 0 aliphatic carbocycles. The molecule has 3 aromatic rings. The molecule has 2 aromatic carbocycles. The zero-order valence-corrected chi connectivity index (χ0v) is 26.0. The van der Waals surface area contributed by atoms with Crippen LogP contribution in [0.5, 0.6) is 0 Å². The summed E-state index contributed by atoms with van der Waals surface area (Å²) in [4.78, 5) is 7.96. The third-order valence-electron chi connectivity index (χ3n) is 6.21. The van der Waals surface area contributed by atoms with Gasteiger partial charge in [0.15, 0.2) is 0 Å². The average Bonchev–Trinajstić information content (AvgIpc) is 3.21. The van der Waals surface area contributed by atoms with Crippen LogP contribution in [0.25, 0.3) is 10.9 Å². The first-order valence-electron chi connectivity index (χ1n) is 13.9. The zero-order valence-electron chi connectivity index (χ0n) is 25.3. The Balaban J connectivity index is 0.000000431. The van der Waals surface area contributed by atoms with E-state index in [2.05, 4.69) is 88.4 Å². The van der Waals surface area contributed by atoms with Gasteiger partial charge in [-0.05, 0) is 83.6 Å². The van der Waals surface area contributed by atoms with Crippen LogP contribution >= 0.6 is 11.6 Å². The summed E-state index contributed by atoms with van der Waals surface area (Å²) in [6.45, 7) is 22.4. The quantitative estimate of drug-likeness (QED) is 0.168. The number of allylic oxidation sites excluding steroid dienone is 3. The van der Waals surface area contributed by atoms with Crippen LogP contribution < -0.4 is 5.73 Å². The number of hydrogen-bond acceptors (Lipinski definition) is 2. The third kappa shape index (κ3) is 10.9. The lowest BCUT2D eigenvalue weighted by Crippen LogP contribution is -2.01. The molecule has 1 aromatic heterocycles. The monoisotopic (exact) mass is 535 g/mol. The minimum absolute atomic E-state index is 0.294. The highest BCUT2D eigenvalue weighted by atomic mass is 35.5. The van der Waals surface area contributed by atoms with Gasteiger partial charge in [0.1, 0.15) is 0 Å². The maximum absolute atomic E-state index is 6.26. The number of rotatable bonds is 8. The van der Waals surface area contributed by atoms with Gasteiger partial charge in [-0.25, -0.2) is 0 Å². The molecule has 0 spiro atoms. The fourth-order valence-corrected chi connectivity index (χ4v) is 4.32. The summed E-state index contributed by atoms with van der Waals surface area (Å²) in [6, 6.07) is 12.6. The number of aromatic nitrogens is 1. The Morgan fingerprint density at radius 2 is 1.68 bits per heavy atom. The summed E-state index contributed by atoms with van der Waals surface area (Å²) in [5.41, 5.74) is 16.7. The minimum atomic E-state index is 0.294. The van der Waals surface area contributed by atoms with Crippen LogP contribution in [0.15, 0.2) is 65.3 Å². The second-order valence-corrected chi connectivity index (χ2v) is 10.8. The molecule has 3 N–H and O–H groups in total. The summed E-state index contributed by atoms with van der Waals surface area (Å²) in [5.74, 6) is 0.294. The van der Waals surface area contributed by atoms with Gasteiger partial charge < -0.3 is 10.7 Å². The molecule has 0 amide bonds. The number of aryl methyl sites for hydroxylation is 2. The molecule has 0 aliphatic rings. The van der Waals surface area contributed by atoms with Crippen molar-refractivity contribution < 1.29 is 0 Å². The summed E-state index contributed by atoms with van der Waals surface area (Å²) in [5, 5.41) is 1.87. The van der Waals surface area contributed by atoms with Gasteiger partial charge in [0, 0.05) is 33.4 Å². The maximum Gasteiger partial charge on any atom is 0.0693 e. The molecule has 0 saturated heterocycles. The Hall–Kier alpha value is -2.78. The van der Waals surface area contributed by atoms with Gasteiger partial charge in [0.2, 0.25) is 0 Å². The number of benzene rings is 2. The molecule has 3 nitrogen and oxygen atoms in total. The second kappa shape index (κ2) is 16.9. The van der Waals surface area contributed by atoms with Crippen molar-refractivity contribution in [2.75, 3.05) is 5.73 Å². The molecule has 4 heteroatoms. The lowest BCUT2D eigenvalue weighted by atomic mass is 9.92. The number of aliphatic imine (C=N–C) groups is 1. The van der Waals surface area contributed by atoms with E-state index >= 15 is 0 Å². The van der Waals surface area contributed by atoms with Gasteiger partial charge in [-0.15, -0.1) is 6.58 Å². The molecule has 0 bridgehead atoms. The molecule has 0 saturated carbocycles. The van der Waals surface area contributed by atoms with Crippen LogP contribution in [0.3, 0.4) is 0 Å². The minimum Gasteiger partial charge on any atom is -0.397 e. The topological polar surface area (TPSA) is 54.2 Å². The van der Waals surface area contributed by atoms with Crippen molar-refractivity contribution in [3.8, 4) is 0 Å². The average molecular weight is 536 g/mol. The molecule has 208 valence electrons. The highest BCUT2D eigenvalue weighted by Crippen LogP contribution is 2.36. The highest BCUT2D eigenvalue weighted by Gasteiger charge is 2.19. The summed E-state index contributed by atoms with van der Waals surface area (Å²) >= 11 is 6.26. The molecule has 0 radical (unpaired) electrons. The lowest BCUT2D eigenvalue weighted by molar-refractivity contribution is 0.775. The van der Waals surface area contributed by atoms with Crippen molar-refractivity contribution in [2.45, 2.75) is 100 Å². The zero-order chi connectivity index (χ0) is 28.8. The number of nitrogens with zero attached hydrogens (tertiary/aromatic N) is 1. The molecular weight excluding hydrogens is 486 g/mol. The van der Waals surface area contributed by atoms with E-state index in [9.17, 15) is 0 Å². The molecule has 1 atom stereocenters. The first kappa shape index (κ1) is 33.2. The van der Waals surface area contributed by atoms with E-state index in [0.717, 1.165) is 42.6 Å². The third-order valence-corrected chi connectivity index (χ3v) is 6.43. The lowest BCUT2D eigenvalue weighted by Gasteiger charge is -2.14. The van der Waals surface area contributed by atoms with Crippen LogP contribution in [0.2, 0.25) is 5.02 Å². The van der Waals surface area contributed by atoms with Crippen molar-refractivity contribution in [3.05, 3.63) is 87.7 Å². The molecule has 0 fully saturated rings. The molecule has 0 aliphatic heterocycles. The number of anilines is 1. The Labute approximate surface area is 237 Å². The number of nitrogens with two attached hydrogens (primary N) is 1. The van der Waals surface area contributed by atoms with E-state index in [0.29, 0.717) is 10.9 Å². The normalized spacial score (nSPS) is 12.4. The number of H-pyrrole nitrogens is 1. The summed E-state index contributed by atoms with van der Waals surface area (Å²) in [7, 11) is 0. The van der Waals surface area contributed by atoms with E-state index in [4.69, 9.17) is 17.3 Å². The first-order chi connectivity index (χ1) is 17.9. The standard InChI is InChI=1S/C21H25ClN2.C9H17N.C4H8/c1-4-5-6-17-18-11-16(22)12-19(23)21(18)24-20(17)14(3)15-9-7-13(2)8-10-15;1-5-7-9(4)10-8(3)6-2;1-4(2)3/h7-12,14,24H,4-6,23H2,1-3H3;7H,5-6H2,1-4H3;1H2,2-3H3/b;9-7+,10-8?;. The van der Waals surface area contributed by atoms with E-state index in [1.807, 2.05) is 32.9 Å². The smallest absolute Gasteiger partial charge is 0.0693 e. The summed E-state index contributed by atoms with van der Waals surface area (Å²) in [6.07, 6.45) is 7.64. The van der Waals surface area contributed by atoms with Crippen LogP contribution in [-0.2, 0) is 6.42 Å². The molecular formula is C34H50ClN3. The predicted octanol–water partition coefficient (Wildman–Crippen LogP) is 11.0. The van der Waals surface area contributed by atoms with Crippen molar-refractivity contribution >= 4 is 33.9 Å². The molecule has 1 unspecified atom stereocenters. The Morgan fingerprint density at radius 1 is 1.08 bits per heavy atom. The molecule has 3 rings (SSSR count). The molecule has 1 heterocycles. The number of nitrogen functional groups attached to an aromatic ring is 1. The van der Waals surface area contributed by atoms with E-state index in [-0.39, 0.29) is 0 Å². The van der Waals surface area contributed by atoms with Gasteiger partial charge in [0.25, 0.3) is 0 Å². The fraction of sp³-hybridized carbons (Fsp3) is 0.441. The number of fused-ring (bicyclic) bond motifs is 1. The largest absolute Gasteiger partial charge is 0.397 e. The van der Waals surface area contributed by atoms with Gasteiger partial charge in [0.05, 0.1) is 11.2 Å². The number of nitrogens with one attached hydrogen (secondary N) is 1. The van der Waals surface area contributed by atoms with E-state index in [1.54, 1.807) is 0 Å². The van der Waals surface area contributed by atoms with Gasteiger partial charge in [-0.1, -0.05) is 87.2 Å². The maximum atomic E-state index is 6.26. The van der Waals surface area contributed by atoms with Crippen LogP contribution in [0, 0.1) is 6.92 Å². The van der Waals surface area contributed by atoms with Crippen molar-refractivity contribution in [3.63, 3.8) is 0 Å². The number of hydrogen-bond donors (Lipinski definition) is 2. The van der Waals surface area contributed by atoms with E-state index in [1.165, 1.54) is 45.5 Å². The Bertz CT molecular complexity index is 1210. The van der Waals surface area contributed by atoms with Crippen LogP contribution in [-0.4, -0.2) is 10.7 Å². The molecule has 38 heavy (non-hydrogen) atoms. The van der Waals surface area contributed by atoms with Crippen molar-refractivity contribution in [1.82, 2.24) is 4.98 Å².